The highest BCUT2D eigenvalue weighted by atomic mass is 16.5. The zero-order valence-electron chi connectivity index (χ0n) is 33.9. The van der Waals surface area contributed by atoms with Gasteiger partial charge < -0.3 is 20.1 Å². The summed E-state index contributed by atoms with van der Waals surface area (Å²) in [6.07, 6.45) is 3.81. The van der Waals surface area contributed by atoms with Gasteiger partial charge in [-0.2, -0.15) is 0 Å². The van der Waals surface area contributed by atoms with Crippen LogP contribution in [0.15, 0.2) is 60.7 Å². The zero-order chi connectivity index (χ0) is 39.8. The van der Waals surface area contributed by atoms with Crippen molar-refractivity contribution in [1.29, 1.82) is 0 Å². The van der Waals surface area contributed by atoms with Crippen molar-refractivity contribution >= 4 is 29.2 Å². The van der Waals surface area contributed by atoms with Gasteiger partial charge in [-0.05, 0) is 67.9 Å². The topological polar surface area (TPSA) is 131 Å². The fourth-order valence-electron chi connectivity index (χ4n) is 7.27. The molecule has 2 N–H and O–H groups in total. The molecule has 55 heavy (non-hydrogen) atoms. The van der Waals surface area contributed by atoms with E-state index in [9.17, 15) is 24.0 Å². The van der Waals surface area contributed by atoms with E-state index in [0.717, 1.165) is 37.1 Å². The first kappa shape index (κ1) is 44.0. The highest BCUT2D eigenvalue weighted by Gasteiger charge is 2.48. The molecule has 1 aliphatic carbocycles. The molecule has 2 amide bonds. The van der Waals surface area contributed by atoms with E-state index in [4.69, 9.17) is 9.47 Å². The molecule has 0 radical (unpaired) electrons. The van der Waals surface area contributed by atoms with Gasteiger partial charge in [-0.25, -0.2) is 0 Å². The number of carbonyl (C=O) groups is 5. The largest absolute Gasteiger partial charge is 0.379 e. The van der Waals surface area contributed by atoms with E-state index in [1.807, 2.05) is 95.3 Å². The summed E-state index contributed by atoms with van der Waals surface area (Å²) in [5.41, 5.74) is 1.56. The zero-order valence-corrected chi connectivity index (χ0v) is 33.9. The van der Waals surface area contributed by atoms with Gasteiger partial charge in [-0.3, -0.25) is 28.9 Å². The van der Waals surface area contributed by atoms with Gasteiger partial charge in [0, 0.05) is 49.7 Å². The lowest BCUT2D eigenvalue weighted by Crippen LogP contribution is -2.49. The van der Waals surface area contributed by atoms with Crippen molar-refractivity contribution in [3.63, 3.8) is 0 Å². The normalized spacial score (nSPS) is 17.6. The van der Waals surface area contributed by atoms with Crippen LogP contribution in [0.25, 0.3) is 0 Å². The number of nitrogens with zero attached hydrogens (tertiary/aromatic N) is 1. The van der Waals surface area contributed by atoms with Gasteiger partial charge in [0.25, 0.3) is 0 Å². The summed E-state index contributed by atoms with van der Waals surface area (Å²) in [4.78, 5) is 71.4. The average molecular weight is 760 g/mol. The minimum atomic E-state index is -0.837. The van der Waals surface area contributed by atoms with Crippen molar-refractivity contribution in [2.45, 2.75) is 104 Å². The molecule has 2 aromatic rings. The van der Waals surface area contributed by atoms with Crippen LogP contribution in [0, 0.1) is 29.1 Å². The van der Waals surface area contributed by atoms with E-state index in [-0.39, 0.29) is 60.4 Å². The maximum absolute atomic E-state index is 14.3. The van der Waals surface area contributed by atoms with Crippen molar-refractivity contribution in [2.24, 2.45) is 29.1 Å². The fraction of sp³-hybridized carbons (Fsp3) is 0.622. The number of ketones is 3. The molecule has 4 rings (SSSR count). The van der Waals surface area contributed by atoms with E-state index in [0.29, 0.717) is 58.5 Å². The molecule has 2 aliphatic rings. The Bertz CT molecular complexity index is 1520. The maximum Gasteiger partial charge on any atom is 0.224 e. The van der Waals surface area contributed by atoms with E-state index in [2.05, 4.69) is 15.5 Å². The summed E-state index contributed by atoms with van der Waals surface area (Å²) in [6, 6.07) is 17.9. The molecule has 4 atom stereocenters. The molecular weight excluding hydrogens is 695 g/mol. The van der Waals surface area contributed by atoms with Crippen LogP contribution in [0.5, 0.6) is 0 Å². The smallest absolute Gasteiger partial charge is 0.224 e. The first-order valence-corrected chi connectivity index (χ1v) is 20.5. The SMILES string of the molecule is CC(C)C[C@H](NC(=O)C(CCc1ccccc1)CC(=O)COCCN1CCOCC1)C(=O)C[C@@H](Cc1ccccc1)C(=O)N[C@@H](CC(C)C)C(=O)C1(C)CC1. The molecule has 1 unspecified atom stereocenters. The highest BCUT2D eigenvalue weighted by molar-refractivity contribution is 5.97. The van der Waals surface area contributed by atoms with E-state index in [1.165, 1.54) is 0 Å². The molecule has 2 aromatic carbocycles. The highest BCUT2D eigenvalue weighted by Crippen LogP contribution is 2.47. The van der Waals surface area contributed by atoms with Gasteiger partial charge in [0.15, 0.2) is 17.3 Å². The third-order valence-corrected chi connectivity index (χ3v) is 10.9. The molecule has 0 aromatic heterocycles. The number of amides is 2. The van der Waals surface area contributed by atoms with Gasteiger partial charge in [-0.15, -0.1) is 0 Å². The molecule has 10 heteroatoms. The Balaban J connectivity index is 1.46. The minimum absolute atomic E-state index is 0.00202. The second-order valence-corrected chi connectivity index (χ2v) is 16.8. The van der Waals surface area contributed by atoms with Crippen LogP contribution in [0.3, 0.4) is 0 Å². The molecule has 2 fully saturated rings. The molecule has 1 heterocycles. The Labute approximate surface area is 328 Å². The summed E-state index contributed by atoms with van der Waals surface area (Å²) in [5.74, 6) is -2.13. The third kappa shape index (κ3) is 15.4. The van der Waals surface area contributed by atoms with Crippen molar-refractivity contribution in [2.75, 3.05) is 46.1 Å². The van der Waals surface area contributed by atoms with Crippen LogP contribution < -0.4 is 10.6 Å². The molecule has 10 nitrogen and oxygen atoms in total. The lowest BCUT2D eigenvalue weighted by atomic mass is 9.87. The number of hydrogen-bond donors (Lipinski definition) is 2. The van der Waals surface area contributed by atoms with E-state index < -0.39 is 29.3 Å². The Morgan fingerprint density at radius 2 is 1.33 bits per heavy atom. The monoisotopic (exact) mass is 759 g/mol. The van der Waals surface area contributed by atoms with Crippen LogP contribution in [0.1, 0.15) is 90.7 Å². The predicted molar refractivity (Wildman–Crippen MR) is 214 cm³/mol. The fourth-order valence-corrected chi connectivity index (χ4v) is 7.27. The standard InChI is InChI=1S/C45H65N3O7/c1-32(2)26-39(41(50)30-37(28-35-14-10-7-11-15-35)44(53)47-40(27-33(3)4)42(51)45(5)18-19-45)46-43(52)36(17-16-34-12-8-6-9-13-34)29-38(49)31-55-25-22-48-20-23-54-24-21-48/h6-15,32-33,36-37,39-40H,16-31H2,1-5H3,(H,46,52)(H,47,53)/t36?,37-,39+,40+/m1/s1. The summed E-state index contributed by atoms with van der Waals surface area (Å²) in [7, 11) is 0. The number of nitrogens with one attached hydrogen (secondary N) is 2. The first-order chi connectivity index (χ1) is 26.3. The number of morpholine rings is 1. The summed E-state index contributed by atoms with van der Waals surface area (Å²) in [5, 5.41) is 6.10. The second kappa shape index (κ2) is 22.1. The van der Waals surface area contributed by atoms with Crippen molar-refractivity contribution in [3.8, 4) is 0 Å². The maximum atomic E-state index is 14.3. The molecular formula is C45H65N3O7. The van der Waals surface area contributed by atoms with Crippen LogP contribution >= 0.6 is 0 Å². The van der Waals surface area contributed by atoms with Gasteiger partial charge in [-0.1, -0.05) is 95.3 Å². The Morgan fingerprint density at radius 3 is 1.93 bits per heavy atom. The predicted octanol–water partition coefficient (Wildman–Crippen LogP) is 5.79. The molecule has 1 saturated carbocycles. The summed E-state index contributed by atoms with van der Waals surface area (Å²) >= 11 is 0. The average Bonchev–Trinajstić information content (AvgIpc) is 3.92. The quantitative estimate of drug-likeness (QED) is 0.122. The van der Waals surface area contributed by atoms with Gasteiger partial charge in [0.2, 0.25) is 11.8 Å². The number of aryl methyl sites for hydroxylation is 1. The molecule has 0 spiro atoms. The molecule has 0 bridgehead atoms. The first-order valence-electron chi connectivity index (χ1n) is 20.5. The van der Waals surface area contributed by atoms with Crippen LogP contribution in [0.2, 0.25) is 0 Å². The lowest BCUT2D eigenvalue weighted by Gasteiger charge is -2.27. The van der Waals surface area contributed by atoms with Gasteiger partial charge >= 0.3 is 0 Å². The number of hydrogen-bond acceptors (Lipinski definition) is 8. The van der Waals surface area contributed by atoms with Crippen molar-refractivity contribution in [3.05, 3.63) is 71.8 Å². The summed E-state index contributed by atoms with van der Waals surface area (Å²) < 4.78 is 11.1. The van der Waals surface area contributed by atoms with E-state index >= 15 is 0 Å². The Kier molecular flexibility index (Phi) is 17.7. The third-order valence-electron chi connectivity index (χ3n) is 10.9. The van der Waals surface area contributed by atoms with Gasteiger partial charge in [0.05, 0.1) is 31.9 Å². The Hall–Kier alpha value is -3.73. The molecule has 1 aliphatic heterocycles. The Morgan fingerprint density at radius 1 is 0.764 bits per heavy atom. The van der Waals surface area contributed by atoms with Crippen LogP contribution in [0.4, 0.5) is 0 Å². The summed E-state index contributed by atoms with van der Waals surface area (Å²) in [6.45, 7) is 14.1. The number of benzene rings is 2. The van der Waals surface area contributed by atoms with Crippen LogP contribution in [-0.2, 0) is 46.3 Å². The lowest BCUT2D eigenvalue weighted by molar-refractivity contribution is -0.136. The molecule has 302 valence electrons. The molecule has 1 saturated heterocycles. The van der Waals surface area contributed by atoms with Crippen LogP contribution in [-0.4, -0.2) is 92.2 Å². The number of rotatable bonds is 25. The second-order valence-electron chi connectivity index (χ2n) is 16.8. The number of Topliss-reactive ketones (excluding diaryl/α,β-unsaturated/α-hetero) is 3. The van der Waals surface area contributed by atoms with Crippen molar-refractivity contribution < 1.29 is 33.4 Å². The van der Waals surface area contributed by atoms with E-state index in [1.54, 1.807) is 0 Å². The van der Waals surface area contributed by atoms with Gasteiger partial charge in [0.1, 0.15) is 6.61 Å². The number of ether oxygens (including phenoxy) is 2. The number of carbonyl (C=O) groups excluding carboxylic acids is 5. The van der Waals surface area contributed by atoms with Crippen molar-refractivity contribution in [1.82, 2.24) is 15.5 Å². The minimum Gasteiger partial charge on any atom is -0.379 e.